The number of hydrogen-bond donors (Lipinski definition) is 1. The summed E-state index contributed by atoms with van der Waals surface area (Å²) in [5.41, 5.74) is 0.643. The van der Waals surface area contributed by atoms with Crippen LogP contribution in [0.15, 0.2) is 53.4 Å². The molecule has 0 spiro atoms. The van der Waals surface area contributed by atoms with Crippen molar-refractivity contribution in [1.82, 2.24) is 24.9 Å². The molecule has 0 fully saturated rings. The van der Waals surface area contributed by atoms with Crippen molar-refractivity contribution in [2.45, 2.75) is 11.4 Å². The molecule has 7 nitrogen and oxygen atoms in total. The van der Waals surface area contributed by atoms with Crippen molar-refractivity contribution in [2.24, 2.45) is 0 Å². The third kappa shape index (κ3) is 3.29. The molecule has 24 heavy (non-hydrogen) atoms. The number of rotatable bonds is 5. The average Bonchev–Trinajstić information content (AvgIpc) is 3.02. The first-order valence-electron chi connectivity index (χ1n) is 6.75. The van der Waals surface area contributed by atoms with Gasteiger partial charge in [-0.05, 0) is 34.7 Å². The van der Waals surface area contributed by atoms with E-state index in [0.717, 1.165) is 12.1 Å². The minimum Gasteiger partial charge on any atom is -0.207 e. The first-order valence-corrected chi connectivity index (χ1v) is 8.23. The fraction of sp³-hybridized carbons (Fsp3) is 0.0714. The first-order chi connectivity index (χ1) is 11.5. The van der Waals surface area contributed by atoms with Gasteiger partial charge < -0.3 is 0 Å². The van der Waals surface area contributed by atoms with Crippen LogP contribution in [-0.2, 0) is 16.6 Å². The lowest BCUT2D eigenvalue weighted by Crippen LogP contribution is -2.26. The molecule has 0 aliphatic heterocycles. The molecule has 1 aromatic heterocycles. The number of aromatic nitrogens is 4. The predicted molar refractivity (Wildman–Crippen MR) is 79.5 cm³/mol. The number of halogens is 2. The lowest BCUT2D eigenvalue weighted by molar-refractivity contribution is 0.541. The standard InChI is InChI=1S/C14H11F2N5O2S/c15-10-6-7-13(12(16)8-10)24(22,23)17-9-14-18-19-20-21(14)11-4-2-1-3-5-11/h1-8,17H,9H2. The summed E-state index contributed by atoms with van der Waals surface area (Å²) in [6.07, 6.45) is 0. The molecule has 0 atom stereocenters. The van der Waals surface area contributed by atoms with E-state index in [1.54, 1.807) is 24.3 Å². The normalized spacial score (nSPS) is 11.6. The number of benzene rings is 2. The van der Waals surface area contributed by atoms with Crippen molar-refractivity contribution >= 4 is 10.0 Å². The van der Waals surface area contributed by atoms with Gasteiger partial charge in [0.15, 0.2) is 5.82 Å². The van der Waals surface area contributed by atoms with Crippen molar-refractivity contribution in [2.75, 3.05) is 0 Å². The lowest BCUT2D eigenvalue weighted by atomic mass is 10.3. The summed E-state index contributed by atoms with van der Waals surface area (Å²) >= 11 is 0. The summed E-state index contributed by atoms with van der Waals surface area (Å²) in [6.45, 7) is -0.263. The highest BCUT2D eigenvalue weighted by Crippen LogP contribution is 2.16. The maximum Gasteiger partial charge on any atom is 0.243 e. The monoisotopic (exact) mass is 351 g/mol. The highest BCUT2D eigenvalue weighted by atomic mass is 32.2. The predicted octanol–water partition coefficient (Wildman–Crippen LogP) is 1.42. The van der Waals surface area contributed by atoms with Gasteiger partial charge in [0.25, 0.3) is 0 Å². The van der Waals surface area contributed by atoms with Crippen LogP contribution in [0.3, 0.4) is 0 Å². The van der Waals surface area contributed by atoms with Gasteiger partial charge in [-0.1, -0.05) is 18.2 Å². The lowest BCUT2D eigenvalue weighted by Gasteiger charge is -2.08. The van der Waals surface area contributed by atoms with E-state index >= 15 is 0 Å². The van der Waals surface area contributed by atoms with Crippen molar-refractivity contribution in [3.05, 3.63) is 66.0 Å². The zero-order chi connectivity index (χ0) is 17.2. The Morgan fingerprint density at radius 1 is 1.08 bits per heavy atom. The molecule has 1 N–H and O–H groups in total. The fourth-order valence-electron chi connectivity index (χ4n) is 2.02. The summed E-state index contributed by atoms with van der Waals surface area (Å²) in [4.78, 5) is -0.650. The molecule has 0 saturated carbocycles. The van der Waals surface area contributed by atoms with Gasteiger partial charge >= 0.3 is 0 Å². The molecule has 3 rings (SSSR count). The summed E-state index contributed by atoms with van der Waals surface area (Å²) in [5.74, 6) is -1.82. The number of nitrogens with one attached hydrogen (secondary N) is 1. The molecule has 0 unspecified atom stereocenters. The molecule has 0 amide bonds. The third-order valence-corrected chi connectivity index (χ3v) is 4.57. The molecule has 0 aliphatic carbocycles. The fourth-order valence-corrected chi connectivity index (χ4v) is 3.05. The highest BCUT2D eigenvalue weighted by Gasteiger charge is 2.20. The van der Waals surface area contributed by atoms with E-state index in [9.17, 15) is 17.2 Å². The van der Waals surface area contributed by atoms with Crippen molar-refractivity contribution < 1.29 is 17.2 Å². The smallest absolute Gasteiger partial charge is 0.207 e. The summed E-state index contributed by atoms with van der Waals surface area (Å²) in [6, 6.07) is 11.1. The molecule has 0 radical (unpaired) electrons. The Bertz CT molecular complexity index is 960. The van der Waals surface area contributed by atoms with Crippen LogP contribution in [0.2, 0.25) is 0 Å². The number of sulfonamides is 1. The van der Waals surface area contributed by atoms with E-state index in [1.165, 1.54) is 4.68 Å². The Hall–Kier alpha value is -2.72. The largest absolute Gasteiger partial charge is 0.243 e. The first kappa shape index (κ1) is 16.1. The molecule has 124 valence electrons. The Kier molecular flexibility index (Phi) is 4.32. The van der Waals surface area contributed by atoms with E-state index in [2.05, 4.69) is 20.2 Å². The second-order valence-corrected chi connectivity index (χ2v) is 6.48. The van der Waals surface area contributed by atoms with Gasteiger partial charge in [0.1, 0.15) is 16.5 Å². The van der Waals surface area contributed by atoms with E-state index in [4.69, 9.17) is 0 Å². The van der Waals surface area contributed by atoms with Gasteiger partial charge in [0, 0.05) is 6.07 Å². The van der Waals surface area contributed by atoms with Gasteiger partial charge in [-0.3, -0.25) is 0 Å². The molecule has 0 bridgehead atoms. The van der Waals surface area contributed by atoms with E-state index in [0.29, 0.717) is 11.8 Å². The molecule has 0 saturated heterocycles. The van der Waals surface area contributed by atoms with Crippen LogP contribution in [0.5, 0.6) is 0 Å². The second-order valence-electron chi connectivity index (χ2n) is 4.74. The molecule has 0 aliphatic rings. The zero-order valence-corrected chi connectivity index (χ0v) is 12.9. The minimum absolute atomic E-state index is 0.215. The molecular formula is C14H11F2N5O2S. The maximum absolute atomic E-state index is 13.7. The van der Waals surface area contributed by atoms with Crippen molar-refractivity contribution in [3.8, 4) is 5.69 Å². The second kappa shape index (κ2) is 6.42. The number of tetrazole rings is 1. The van der Waals surface area contributed by atoms with E-state index < -0.39 is 26.6 Å². The van der Waals surface area contributed by atoms with Crippen LogP contribution in [0.25, 0.3) is 5.69 Å². The van der Waals surface area contributed by atoms with Crippen molar-refractivity contribution in [3.63, 3.8) is 0 Å². The summed E-state index contributed by atoms with van der Waals surface area (Å²) in [7, 11) is -4.18. The molecule has 2 aromatic carbocycles. The Morgan fingerprint density at radius 2 is 1.83 bits per heavy atom. The maximum atomic E-state index is 13.7. The number of nitrogens with zero attached hydrogens (tertiary/aromatic N) is 4. The van der Waals surface area contributed by atoms with Gasteiger partial charge in [0.2, 0.25) is 10.0 Å². The molecule has 10 heteroatoms. The van der Waals surface area contributed by atoms with Crippen LogP contribution in [-0.4, -0.2) is 28.6 Å². The van der Waals surface area contributed by atoms with Crippen molar-refractivity contribution in [1.29, 1.82) is 0 Å². The average molecular weight is 351 g/mol. The zero-order valence-electron chi connectivity index (χ0n) is 12.1. The third-order valence-electron chi connectivity index (χ3n) is 3.14. The van der Waals surface area contributed by atoms with E-state index in [1.807, 2.05) is 6.07 Å². The molecule has 3 aromatic rings. The Balaban J connectivity index is 1.83. The van der Waals surface area contributed by atoms with Gasteiger partial charge in [0.05, 0.1) is 12.2 Å². The Labute approximate surface area is 136 Å². The van der Waals surface area contributed by atoms with E-state index in [-0.39, 0.29) is 12.4 Å². The Morgan fingerprint density at radius 3 is 2.54 bits per heavy atom. The van der Waals surface area contributed by atoms with Crippen LogP contribution in [0.1, 0.15) is 5.82 Å². The topological polar surface area (TPSA) is 89.8 Å². The van der Waals surface area contributed by atoms with Gasteiger partial charge in [-0.15, -0.1) is 5.10 Å². The quantitative estimate of drug-likeness (QED) is 0.751. The summed E-state index contributed by atoms with van der Waals surface area (Å²) in [5, 5.41) is 11.0. The number of hydrogen-bond acceptors (Lipinski definition) is 5. The number of para-hydroxylation sites is 1. The van der Waals surface area contributed by atoms with Gasteiger partial charge in [-0.2, -0.15) is 4.68 Å². The highest BCUT2D eigenvalue weighted by molar-refractivity contribution is 7.89. The van der Waals surface area contributed by atoms with Crippen LogP contribution in [0.4, 0.5) is 8.78 Å². The summed E-state index contributed by atoms with van der Waals surface area (Å²) < 4.78 is 54.4. The molecule has 1 heterocycles. The van der Waals surface area contributed by atoms with Gasteiger partial charge in [-0.25, -0.2) is 21.9 Å². The van der Waals surface area contributed by atoms with Crippen LogP contribution >= 0.6 is 0 Å². The minimum atomic E-state index is -4.18. The molecular weight excluding hydrogens is 340 g/mol. The van der Waals surface area contributed by atoms with Crippen LogP contribution in [0, 0.1) is 11.6 Å². The van der Waals surface area contributed by atoms with Crippen LogP contribution < -0.4 is 4.72 Å². The SMILES string of the molecule is O=S(=O)(NCc1nnnn1-c1ccccc1)c1ccc(F)cc1F.